The summed E-state index contributed by atoms with van der Waals surface area (Å²) in [6.45, 7) is 10.1. The number of hydrogen-bond acceptors (Lipinski definition) is 4. The summed E-state index contributed by atoms with van der Waals surface area (Å²) in [6, 6.07) is 13.9. The number of carbonyl (C=O) groups is 1. The Bertz CT molecular complexity index is 1080. The predicted octanol–water partition coefficient (Wildman–Crippen LogP) is 4.84. The predicted molar refractivity (Wildman–Crippen MR) is 117 cm³/mol. The standard InChI is InChI=1S/C23H26N4O3/c1-14(2)17(5)24-23(28)22-13-20(18-7-9-19(10-8-18)27(29)30)25-26(22)21-11-6-15(3)12-16(21)4/h6-14,17H,1-5H3,(H,24,28). The number of aryl methyl sites for hydroxylation is 2. The first-order valence-corrected chi connectivity index (χ1v) is 9.90. The minimum Gasteiger partial charge on any atom is -0.348 e. The fourth-order valence-electron chi connectivity index (χ4n) is 3.11. The van der Waals surface area contributed by atoms with Crippen molar-refractivity contribution in [3.8, 4) is 16.9 Å². The maximum absolute atomic E-state index is 13.1. The van der Waals surface area contributed by atoms with Gasteiger partial charge in [0.15, 0.2) is 0 Å². The Kier molecular flexibility index (Phi) is 6.01. The molecule has 1 atom stereocenters. The highest BCUT2D eigenvalue weighted by Gasteiger charge is 2.21. The molecule has 0 aliphatic heterocycles. The van der Waals surface area contributed by atoms with Crippen LogP contribution in [0.2, 0.25) is 0 Å². The van der Waals surface area contributed by atoms with Crippen LogP contribution < -0.4 is 5.32 Å². The normalized spacial score (nSPS) is 12.1. The largest absolute Gasteiger partial charge is 0.348 e. The van der Waals surface area contributed by atoms with Gasteiger partial charge in [0.1, 0.15) is 5.69 Å². The summed E-state index contributed by atoms with van der Waals surface area (Å²) >= 11 is 0. The van der Waals surface area contributed by atoms with Crippen LogP contribution in [-0.2, 0) is 0 Å². The zero-order chi connectivity index (χ0) is 22.0. The van der Waals surface area contributed by atoms with Crippen molar-refractivity contribution < 1.29 is 9.72 Å². The zero-order valence-electron chi connectivity index (χ0n) is 17.8. The second-order valence-corrected chi connectivity index (χ2v) is 7.93. The molecule has 0 aliphatic rings. The first-order chi connectivity index (χ1) is 14.2. The van der Waals surface area contributed by atoms with Gasteiger partial charge in [0.25, 0.3) is 11.6 Å². The van der Waals surface area contributed by atoms with Gasteiger partial charge in [-0.15, -0.1) is 0 Å². The van der Waals surface area contributed by atoms with Crippen molar-refractivity contribution in [2.75, 3.05) is 0 Å². The fraction of sp³-hybridized carbons (Fsp3) is 0.304. The van der Waals surface area contributed by atoms with Crippen LogP contribution in [0.3, 0.4) is 0 Å². The number of nitrogens with one attached hydrogen (secondary N) is 1. The summed E-state index contributed by atoms with van der Waals surface area (Å²) in [7, 11) is 0. The Hall–Kier alpha value is -3.48. The van der Waals surface area contributed by atoms with Gasteiger partial charge in [-0.3, -0.25) is 14.9 Å². The lowest BCUT2D eigenvalue weighted by atomic mass is 10.1. The van der Waals surface area contributed by atoms with Crippen molar-refractivity contribution in [2.24, 2.45) is 5.92 Å². The number of nitro groups is 1. The molecule has 1 aromatic heterocycles. The van der Waals surface area contributed by atoms with Gasteiger partial charge in [-0.05, 0) is 56.5 Å². The van der Waals surface area contributed by atoms with E-state index in [2.05, 4.69) is 24.3 Å². The van der Waals surface area contributed by atoms with E-state index in [4.69, 9.17) is 0 Å². The number of nitro benzene ring substituents is 1. The van der Waals surface area contributed by atoms with Gasteiger partial charge in [0.2, 0.25) is 0 Å². The second-order valence-electron chi connectivity index (χ2n) is 7.93. The summed E-state index contributed by atoms with van der Waals surface area (Å²) in [5.41, 5.74) is 4.65. The molecule has 0 saturated heterocycles. The SMILES string of the molecule is Cc1ccc(-n2nc(-c3ccc([N+](=O)[O-])cc3)cc2C(=O)NC(C)C(C)C)c(C)c1. The van der Waals surface area contributed by atoms with Crippen molar-refractivity contribution in [1.82, 2.24) is 15.1 Å². The molecule has 3 rings (SSSR count). The number of carbonyl (C=O) groups excluding carboxylic acids is 1. The van der Waals surface area contributed by atoms with Gasteiger partial charge in [-0.1, -0.05) is 31.5 Å². The number of rotatable bonds is 6. The van der Waals surface area contributed by atoms with E-state index in [0.717, 1.165) is 16.8 Å². The summed E-state index contributed by atoms with van der Waals surface area (Å²) in [5, 5.41) is 18.6. The smallest absolute Gasteiger partial charge is 0.270 e. The molecular formula is C23H26N4O3. The molecule has 0 fully saturated rings. The molecule has 7 heteroatoms. The molecular weight excluding hydrogens is 380 g/mol. The van der Waals surface area contributed by atoms with Crippen molar-refractivity contribution >= 4 is 11.6 Å². The van der Waals surface area contributed by atoms with E-state index < -0.39 is 4.92 Å². The van der Waals surface area contributed by atoms with Crippen LogP contribution >= 0.6 is 0 Å². The molecule has 0 saturated carbocycles. The lowest BCUT2D eigenvalue weighted by molar-refractivity contribution is -0.384. The average Bonchev–Trinajstić information content (AvgIpc) is 3.13. The van der Waals surface area contributed by atoms with Crippen molar-refractivity contribution in [3.63, 3.8) is 0 Å². The molecule has 1 amide bonds. The monoisotopic (exact) mass is 406 g/mol. The summed E-state index contributed by atoms with van der Waals surface area (Å²) in [6.07, 6.45) is 0. The van der Waals surface area contributed by atoms with Crippen molar-refractivity contribution in [2.45, 2.75) is 40.7 Å². The van der Waals surface area contributed by atoms with E-state index in [1.54, 1.807) is 22.9 Å². The highest BCUT2D eigenvalue weighted by atomic mass is 16.6. The van der Waals surface area contributed by atoms with Crippen LogP contribution in [0.25, 0.3) is 16.9 Å². The second kappa shape index (κ2) is 8.49. The van der Waals surface area contributed by atoms with E-state index in [1.165, 1.54) is 12.1 Å². The molecule has 1 unspecified atom stereocenters. The third-order valence-corrected chi connectivity index (χ3v) is 5.26. The van der Waals surface area contributed by atoms with Crippen LogP contribution in [0, 0.1) is 29.9 Å². The maximum Gasteiger partial charge on any atom is 0.270 e. The maximum atomic E-state index is 13.1. The van der Waals surface area contributed by atoms with Gasteiger partial charge in [-0.2, -0.15) is 5.10 Å². The number of benzene rings is 2. The fourth-order valence-corrected chi connectivity index (χ4v) is 3.11. The van der Waals surface area contributed by atoms with Gasteiger partial charge in [-0.25, -0.2) is 4.68 Å². The summed E-state index contributed by atoms with van der Waals surface area (Å²) in [4.78, 5) is 23.6. The van der Waals surface area contributed by atoms with E-state index in [0.29, 0.717) is 22.9 Å². The summed E-state index contributed by atoms with van der Waals surface area (Å²) in [5.74, 6) is 0.0809. The Morgan fingerprint density at radius 1 is 1.07 bits per heavy atom. The Balaban J connectivity index is 2.09. The number of nitrogens with zero attached hydrogens (tertiary/aromatic N) is 3. The molecule has 0 spiro atoms. The highest BCUT2D eigenvalue weighted by Crippen LogP contribution is 2.25. The number of aromatic nitrogens is 2. The summed E-state index contributed by atoms with van der Waals surface area (Å²) < 4.78 is 1.65. The molecule has 0 bridgehead atoms. The lowest BCUT2D eigenvalue weighted by Gasteiger charge is -2.18. The third-order valence-electron chi connectivity index (χ3n) is 5.26. The molecule has 7 nitrogen and oxygen atoms in total. The minimum absolute atomic E-state index is 0.00258. The van der Waals surface area contributed by atoms with Crippen LogP contribution in [0.4, 0.5) is 5.69 Å². The molecule has 1 N–H and O–H groups in total. The molecule has 1 heterocycles. The minimum atomic E-state index is -0.440. The molecule has 0 aliphatic carbocycles. The number of amides is 1. The molecule has 30 heavy (non-hydrogen) atoms. The molecule has 0 radical (unpaired) electrons. The van der Waals surface area contributed by atoms with E-state index in [-0.39, 0.29) is 17.6 Å². The van der Waals surface area contributed by atoms with Crippen molar-refractivity contribution in [1.29, 1.82) is 0 Å². The van der Waals surface area contributed by atoms with Gasteiger partial charge in [0, 0.05) is 23.7 Å². The van der Waals surface area contributed by atoms with Crippen LogP contribution in [0.1, 0.15) is 42.4 Å². The Morgan fingerprint density at radius 2 is 1.73 bits per heavy atom. The number of hydrogen-bond donors (Lipinski definition) is 1. The van der Waals surface area contributed by atoms with Gasteiger partial charge >= 0.3 is 0 Å². The average molecular weight is 406 g/mol. The van der Waals surface area contributed by atoms with Crippen LogP contribution in [-0.4, -0.2) is 26.7 Å². The topological polar surface area (TPSA) is 90.1 Å². The molecule has 2 aromatic carbocycles. The van der Waals surface area contributed by atoms with Crippen LogP contribution in [0.15, 0.2) is 48.5 Å². The lowest BCUT2D eigenvalue weighted by Crippen LogP contribution is -2.37. The Labute approximate surface area is 175 Å². The van der Waals surface area contributed by atoms with Crippen molar-refractivity contribution in [3.05, 3.63) is 75.5 Å². The Morgan fingerprint density at radius 3 is 2.30 bits per heavy atom. The first kappa shape index (κ1) is 21.2. The molecule has 156 valence electrons. The number of non-ortho nitro benzene ring substituents is 1. The van der Waals surface area contributed by atoms with E-state index >= 15 is 0 Å². The quantitative estimate of drug-likeness (QED) is 0.468. The van der Waals surface area contributed by atoms with Gasteiger partial charge in [0.05, 0.1) is 16.3 Å². The highest BCUT2D eigenvalue weighted by molar-refractivity contribution is 5.94. The van der Waals surface area contributed by atoms with E-state index in [9.17, 15) is 14.9 Å². The third kappa shape index (κ3) is 4.40. The zero-order valence-corrected chi connectivity index (χ0v) is 17.8. The first-order valence-electron chi connectivity index (χ1n) is 9.90. The van der Waals surface area contributed by atoms with Crippen LogP contribution in [0.5, 0.6) is 0 Å². The van der Waals surface area contributed by atoms with E-state index in [1.807, 2.05) is 39.0 Å². The molecule has 3 aromatic rings. The van der Waals surface area contributed by atoms with Gasteiger partial charge < -0.3 is 5.32 Å².